The number of amides is 2. The number of carbonyl (C=O) groups excluding carboxylic acids is 2. The molecule has 35 heavy (non-hydrogen) atoms. The van der Waals surface area contributed by atoms with Gasteiger partial charge < -0.3 is 15.0 Å². The average Bonchev–Trinajstić information content (AvgIpc) is 3.35. The minimum atomic E-state index is -3.69. The van der Waals surface area contributed by atoms with Crippen molar-refractivity contribution in [2.24, 2.45) is 0 Å². The van der Waals surface area contributed by atoms with Crippen LogP contribution in [0, 0.1) is 0 Å². The van der Waals surface area contributed by atoms with E-state index in [1.165, 1.54) is 4.90 Å². The van der Waals surface area contributed by atoms with Crippen molar-refractivity contribution in [3.63, 3.8) is 0 Å². The molecule has 8 nitrogen and oxygen atoms in total. The summed E-state index contributed by atoms with van der Waals surface area (Å²) < 4.78 is 31.7. The van der Waals surface area contributed by atoms with E-state index in [4.69, 9.17) is 16.3 Å². The minimum Gasteiger partial charge on any atom is -0.376 e. The summed E-state index contributed by atoms with van der Waals surface area (Å²) in [6.07, 6.45) is 2.88. The van der Waals surface area contributed by atoms with Crippen LogP contribution in [0.3, 0.4) is 0 Å². The highest BCUT2D eigenvalue weighted by molar-refractivity contribution is 7.88. The summed E-state index contributed by atoms with van der Waals surface area (Å²) in [5, 5.41) is 3.42. The van der Waals surface area contributed by atoms with Gasteiger partial charge in [0.05, 0.1) is 18.9 Å². The number of sulfonamides is 1. The molecule has 1 N–H and O–H groups in total. The highest BCUT2D eigenvalue weighted by atomic mass is 35.5. The molecule has 0 bridgehead atoms. The van der Waals surface area contributed by atoms with Crippen molar-refractivity contribution in [3.8, 4) is 0 Å². The third-order valence-corrected chi connectivity index (χ3v) is 7.39. The number of rotatable bonds is 11. The number of ether oxygens (including phenoxy) is 1. The van der Waals surface area contributed by atoms with Crippen molar-refractivity contribution < 1.29 is 22.7 Å². The molecule has 1 heterocycles. The van der Waals surface area contributed by atoms with Crippen molar-refractivity contribution in [3.05, 3.63) is 70.7 Å². The van der Waals surface area contributed by atoms with Crippen LogP contribution in [0.1, 0.15) is 30.9 Å². The Balaban J connectivity index is 1.77. The number of nitrogens with zero attached hydrogens (tertiary/aromatic N) is 2. The lowest BCUT2D eigenvalue weighted by atomic mass is 10.1. The van der Waals surface area contributed by atoms with Gasteiger partial charge in [0.2, 0.25) is 21.8 Å². The van der Waals surface area contributed by atoms with Crippen molar-refractivity contribution in [2.75, 3.05) is 26.0 Å². The van der Waals surface area contributed by atoms with Gasteiger partial charge in [0.15, 0.2) is 0 Å². The summed E-state index contributed by atoms with van der Waals surface area (Å²) in [5.41, 5.74) is 1.54. The molecule has 2 aromatic rings. The number of nitrogens with one attached hydrogen (secondary N) is 1. The molecule has 10 heteroatoms. The number of hydrogen-bond donors (Lipinski definition) is 1. The molecule has 0 spiro atoms. The van der Waals surface area contributed by atoms with E-state index in [0.717, 1.165) is 34.5 Å². The lowest BCUT2D eigenvalue weighted by Gasteiger charge is -2.31. The van der Waals surface area contributed by atoms with Crippen LogP contribution >= 0.6 is 11.6 Å². The first-order chi connectivity index (χ1) is 16.6. The Kier molecular flexibility index (Phi) is 9.68. The smallest absolute Gasteiger partial charge is 0.242 e. The van der Waals surface area contributed by atoms with E-state index < -0.39 is 22.0 Å². The highest BCUT2D eigenvalue weighted by Gasteiger charge is 2.30. The van der Waals surface area contributed by atoms with E-state index >= 15 is 0 Å². The van der Waals surface area contributed by atoms with Crippen LogP contribution in [0.4, 0.5) is 0 Å². The molecule has 2 atom stereocenters. The molecule has 0 aromatic heterocycles. The first-order valence-corrected chi connectivity index (χ1v) is 13.8. The minimum absolute atomic E-state index is 0.0295. The van der Waals surface area contributed by atoms with E-state index in [-0.39, 0.29) is 31.6 Å². The lowest BCUT2D eigenvalue weighted by Crippen LogP contribution is -2.51. The molecule has 1 aliphatic heterocycles. The molecular formula is C25H32ClN3O5S. The predicted molar refractivity (Wildman–Crippen MR) is 135 cm³/mol. The zero-order chi connectivity index (χ0) is 25.4. The Morgan fingerprint density at radius 2 is 1.74 bits per heavy atom. The fraction of sp³-hybridized carbons (Fsp3) is 0.440. The number of benzene rings is 2. The van der Waals surface area contributed by atoms with Crippen molar-refractivity contribution in [2.45, 2.75) is 45.0 Å². The molecule has 1 fully saturated rings. The Bertz CT molecular complexity index is 1090. The van der Waals surface area contributed by atoms with Crippen LogP contribution in [0.2, 0.25) is 5.02 Å². The number of carbonyl (C=O) groups is 2. The van der Waals surface area contributed by atoms with Gasteiger partial charge in [0.25, 0.3) is 0 Å². The Hall–Kier alpha value is -2.46. The highest BCUT2D eigenvalue weighted by Crippen LogP contribution is 2.16. The zero-order valence-electron chi connectivity index (χ0n) is 20.0. The summed E-state index contributed by atoms with van der Waals surface area (Å²) in [5.74, 6) is -0.794. The largest absolute Gasteiger partial charge is 0.376 e. The van der Waals surface area contributed by atoms with Gasteiger partial charge in [-0.3, -0.25) is 9.59 Å². The van der Waals surface area contributed by atoms with Gasteiger partial charge in [0.1, 0.15) is 6.04 Å². The molecule has 0 aliphatic carbocycles. The summed E-state index contributed by atoms with van der Waals surface area (Å²) in [6.45, 7) is 2.49. The summed E-state index contributed by atoms with van der Waals surface area (Å²) in [4.78, 5) is 27.8. The molecule has 0 radical (unpaired) electrons. The van der Waals surface area contributed by atoms with Crippen LogP contribution in [-0.2, 0) is 37.4 Å². The number of halogens is 1. The Morgan fingerprint density at radius 3 is 2.34 bits per heavy atom. The first-order valence-electron chi connectivity index (χ1n) is 11.6. The molecule has 190 valence electrons. The quantitative estimate of drug-likeness (QED) is 0.490. The lowest BCUT2D eigenvalue weighted by molar-refractivity contribution is -0.141. The van der Waals surface area contributed by atoms with Gasteiger partial charge >= 0.3 is 0 Å². The van der Waals surface area contributed by atoms with Gasteiger partial charge in [0, 0.05) is 31.3 Å². The van der Waals surface area contributed by atoms with E-state index in [2.05, 4.69) is 5.32 Å². The maximum atomic E-state index is 13.5. The van der Waals surface area contributed by atoms with Gasteiger partial charge in [-0.2, -0.15) is 4.31 Å². The van der Waals surface area contributed by atoms with Crippen molar-refractivity contribution in [1.82, 2.24) is 14.5 Å². The predicted octanol–water partition coefficient (Wildman–Crippen LogP) is 2.81. The number of hydrogen-bond acceptors (Lipinski definition) is 5. The average molecular weight is 522 g/mol. The summed E-state index contributed by atoms with van der Waals surface area (Å²) in [6, 6.07) is 15.2. The van der Waals surface area contributed by atoms with E-state index in [9.17, 15) is 18.0 Å². The van der Waals surface area contributed by atoms with Gasteiger partial charge in [-0.25, -0.2) is 8.42 Å². The van der Waals surface area contributed by atoms with Crippen LogP contribution < -0.4 is 5.32 Å². The van der Waals surface area contributed by atoms with Crippen LogP contribution in [0.15, 0.2) is 54.6 Å². The van der Waals surface area contributed by atoms with Gasteiger partial charge in [-0.1, -0.05) is 54.1 Å². The summed E-state index contributed by atoms with van der Waals surface area (Å²) >= 11 is 5.99. The van der Waals surface area contributed by atoms with E-state index in [0.29, 0.717) is 18.2 Å². The standard InChI is InChI=1S/C25H32ClN3O5S/c1-19(25(31)27-15-23-9-6-14-34-23)29(17-21-10-12-22(26)13-11-21)24(30)18-28(35(2,32)33)16-20-7-4-3-5-8-20/h3-5,7-8,10-13,19,23H,6,9,14-18H2,1-2H3,(H,27,31)/t19-,23-/m1/s1. The SMILES string of the molecule is C[C@H](C(=O)NC[C@H]1CCCO1)N(Cc1ccc(Cl)cc1)C(=O)CN(Cc1ccccc1)S(C)(=O)=O. The van der Waals surface area contributed by atoms with E-state index in [1.54, 1.807) is 43.3 Å². The maximum absolute atomic E-state index is 13.5. The zero-order valence-corrected chi connectivity index (χ0v) is 21.6. The Morgan fingerprint density at radius 1 is 1.09 bits per heavy atom. The normalized spacial score (nSPS) is 16.7. The molecule has 2 amide bonds. The Labute approximate surface area is 212 Å². The van der Waals surface area contributed by atoms with Gasteiger partial charge in [-0.15, -0.1) is 0 Å². The van der Waals surface area contributed by atoms with Crippen LogP contribution in [-0.4, -0.2) is 67.5 Å². The molecule has 0 unspecified atom stereocenters. The second-order valence-corrected chi connectivity index (χ2v) is 11.1. The third-order valence-electron chi connectivity index (χ3n) is 5.94. The second-order valence-electron chi connectivity index (χ2n) is 8.72. The van der Waals surface area contributed by atoms with Crippen LogP contribution in [0.5, 0.6) is 0 Å². The first kappa shape index (κ1) is 27.1. The maximum Gasteiger partial charge on any atom is 0.242 e. The van der Waals surface area contributed by atoms with Crippen molar-refractivity contribution >= 4 is 33.4 Å². The third kappa shape index (κ3) is 8.31. The molecule has 3 rings (SSSR count). The molecular weight excluding hydrogens is 490 g/mol. The molecule has 1 saturated heterocycles. The molecule has 1 aliphatic rings. The molecule has 0 saturated carbocycles. The topological polar surface area (TPSA) is 96.0 Å². The van der Waals surface area contributed by atoms with Crippen molar-refractivity contribution in [1.29, 1.82) is 0 Å². The van der Waals surface area contributed by atoms with E-state index in [1.807, 2.05) is 18.2 Å². The summed E-state index contributed by atoms with van der Waals surface area (Å²) in [7, 11) is -3.69. The van der Waals surface area contributed by atoms with Crippen LogP contribution in [0.25, 0.3) is 0 Å². The fourth-order valence-corrected chi connectivity index (χ4v) is 4.71. The fourth-order valence-electron chi connectivity index (χ4n) is 3.86. The van der Waals surface area contributed by atoms with Gasteiger partial charge in [-0.05, 0) is 43.0 Å². The second kappa shape index (κ2) is 12.5. The molecule has 2 aromatic carbocycles. The monoisotopic (exact) mass is 521 g/mol.